The average molecular weight is 232 g/mol. The molecule has 0 saturated heterocycles. The molecule has 0 aliphatic rings. The minimum atomic E-state index is -0.428. The van der Waals surface area contributed by atoms with Crippen LogP contribution in [0.2, 0.25) is 0 Å². The smallest absolute Gasteiger partial charge is 0.258 e. The molecule has 2 atom stereocenters. The predicted molar refractivity (Wildman–Crippen MR) is 65.5 cm³/mol. The van der Waals surface area contributed by atoms with Gasteiger partial charge in [0.1, 0.15) is 0 Å². The zero-order valence-electron chi connectivity index (χ0n) is 10.1. The molecular weight excluding hydrogens is 216 g/mol. The quantitative estimate of drug-likeness (QED) is 0.575. The van der Waals surface area contributed by atoms with E-state index in [1.54, 1.807) is 12.1 Å². The van der Waals surface area contributed by atoms with Gasteiger partial charge >= 0.3 is 0 Å². The largest absolute Gasteiger partial charge is 0.269 e. The van der Waals surface area contributed by atoms with Crippen molar-refractivity contribution in [3.63, 3.8) is 0 Å². The van der Waals surface area contributed by atoms with E-state index in [4.69, 9.17) is 0 Å². The summed E-state index contributed by atoms with van der Waals surface area (Å²) in [5.41, 5.74) is 0.786. The molecule has 0 heterocycles. The highest BCUT2D eigenvalue weighted by Gasteiger charge is 2.20. The Kier molecular flexibility index (Phi) is 4.65. The normalized spacial score (nSPS) is 13.7. The molecule has 1 aromatic rings. The Balaban J connectivity index is 3.00. The summed E-state index contributed by atoms with van der Waals surface area (Å²) in [6.07, 6.45) is 1.95. The molecule has 0 fully saturated rings. The van der Waals surface area contributed by atoms with Gasteiger partial charge in [-0.15, -0.1) is 0 Å². The Hall–Kier alpha value is -1.89. The van der Waals surface area contributed by atoms with E-state index in [0.717, 1.165) is 18.4 Å². The van der Waals surface area contributed by atoms with E-state index in [-0.39, 0.29) is 17.5 Å². The van der Waals surface area contributed by atoms with Crippen LogP contribution >= 0.6 is 0 Å². The SMILES string of the molecule is CCCC(C)C(C#N)c1cccc([N+](=O)[O-])c1. The fourth-order valence-corrected chi connectivity index (χ4v) is 1.98. The Morgan fingerprint density at radius 2 is 2.24 bits per heavy atom. The third-order valence-electron chi connectivity index (χ3n) is 2.89. The molecule has 4 heteroatoms. The number of nitriles is 1. The lowest BCUT2D eigenvalue weighted by Gasteiger charge is -2.16. The van der Waals surface area contributed by atoms with Crippen molar-refractivity contribution in [3.8, 4) is 6.07 Å². The number of benzene rings is 1. The van der Waals surface area contributed by atoms with Gasteiger partial charge in [0.2, 0.25) is 0 Å². The molecule has 0 radical (unpaired) electrons. The first-order chi connectivity index (χ1) is 8.10. The highest BCUT2D eigenvalue weighted by molar-refractivity contribution is 5.38. The van der Waals surface area contributed by atoms with E-state index in [2.05, 4.69) is 13.0 Å². The Morgan fingerprint density at radius 3 is 2.76 bits per heavy atom. The predicted octanol–water partition coefficient (Wildman–Crippen LogP) is 3.64. The molecule has 0 amide bonds. The molecule has 2 unspecified atom stereocenters. The fourth-order valence-electron chi connectivity index (χ4n) is 1.98. The van der Waals surface area contributed by atoms with Gasteiger partial charge in [0.05, 0.1) is 16.9 Å². The standard InChI is InChI=1S/C13H16N2O2/c1-3-5-10(2)13(9-14)11-6-4-7-12(8-11)15(16)17/h4,6-8,10,13H,3,5H2,1-2H3. The Morgan fingerprint density at radius 1 is 1.53 bits per heavy atom. The summed E-state index contributed by atoms with van der Waals surface area (Å²) >= 11 is 0. The summed E-state index contributed by atoms with van der Waals surface area (Å²) in [4.78, 5) is 10.3. The monoisotopic (exact) mass is 232 g/mol. The van der Waals surface area contributed by atoms with Gasteiger partial charge in [-0.05, 0) is 17.9 Å². The van der Waals surface area contributed by atoms with Gasteiger partial charge in [-0.3, -0.25) is 10.1 Å². The van der Waals surface area contributed by atoms with Crippen molar-refractivity contribution in [3.05, 3.63) is 39.9 Å². The molecule has 0 spiro atoms. The van der Waals surface area contributed by atoms with Crippen LogP contribution in [-0.2, 0) is 0 Å². The van der Waals surface area contributed by atoms with Gasteiger partial charge in [0.15, 0.2) is 0 Å². The maximum atomic E-state index is 10.7. The second-order valence-corrected chi connectivity index (χ2v) is 4.22. The van der Waals surface area contributed by atoms with Crippen LogP contribution in [0.4, 0.5) is 5.69 Å². The summed E-state index contributed by atoms with van der Waals surface area (Å²) in [5.74, 6) is -0.0538. The highest BCUT2D eigenvalue weighted by atomic mass is 16.6. The fraction of sp³-hybridized carbons (Fsp3) is 0.462. The lowest BCUT2D eigenvalue weighted by atomic mass is 9.85. The van der Waals surface area contributed by atoms with Crippen molar-refractivity contribution in [2.45, 2.75) is 32.6 Å². The maximum absolute atomic E-state index is 10.7. The third-order valence-corrected chi connectivity index (χ3v) is 2.89. The third kappa shape index (κ3) is 3.28. The molecule has 0 aromatic heterocycles. The minimum absolute atomic E-state index is 0.0476. The van der Waals surface area contributed by atoms with E-state index in [9.17, 15) is 15.4 Å². The number of rotatable bonds is 5. The van der Waals surface area contributed by atoms with Crippen LogP contribution in [0.15, 0.2) is 24.3 Å². The zero-order chi connectivity index (χ0) is 12.8. The van der Waals surface area contributed by atoms with Crippen LogP contribution in [0.3, 0.4) is 0 Å². The van der Waals surface area contributed by atoms with Crippen LogP contribution in [0, 0.1) is 27.4 Å². The van der Waals surface area contributed by atoms with Crippen LogP contribution < -0.4 is 0 Å². The van der Waals surface area contributed by atoms with Gasteiger partial charge in [-0.1, -0.05) is 32.4 Å². The van der Waals surface area contributed by atoms with Crippen molar-refractivity contribution >= 4 is 5.69 Å². The second-order valence-electron chi connectivity index (χ2n) is 4.22. The average Bonchev–Trinajstić information content (AvgIpc) is 2.30. The van der Waals surface area contributed by atoms with E-state index < -0.39 is 4.92 Å². The number of nitro groups is 1. The summed E-state index contributed by atoms with van der Waals surface area (Å²) in [5, 5.41) is 19.9. The molecule has 0 aliphatic carbocycles. The molecule has 0 aliphatic heterocycles. The number of nitrogens with zero attached hydrogens (tertiary/aromatic N) is 2. The van der Waals surface area contributed by atoms with E-state index in [0.29, 0.717) is 0 Å². The molecule has 90 valence electrons. The first kappa shape index (κ1) is 13.2. The van der Waals surface area contributed by atoms with Crippen molar-refractivity contribution in [2.24, 2.45) is 5.92 Å². The Bertz CT molecular complexity index is 437. The second kappa shape index (κ2) is 6.00. The lowest BCUT2D eigenvalue weighted by Crippen LogP contribution is -2.08. The summed E-state index contributed by atoms with van der Waals surface area (Å²) < 4.78 is 0. The summed E-state index contributed by atoms with van der Waals surface area (Å²) in [6.45, 7) is 4.08. The van der Waals surface area contributed by atoms with Crippen molar-refractivity contribution in [2.75, 3.05) is 0 Å². The van der Waals surface area contributed by atoms with Crippen molar-refractivity contribution < 1.29 is 4.92 Å². The zero-order valence-corrected chi connectivity index (χ0v) is 10.1. The van der Waals surface area contributed by atoms with Crippen molar-refractivity contribution in [1.82, 2.24) is 0 Å². The molecule has 0 saturated carbocycles. The van der Waals surface area contributed by atoms with Gasteiger partial charge in [0.25, 0.3) is 5.69 Å². The minimum Gasteiger partial charge on any atom is -0.258 e. The number of hydrogen-bond donors (Lipinski definition) is 0. The first-order valence-electron chi connectivity index (χ1n) is 5.74. The van der Waals surface area contributed by atoms with E-state index in [1.807, 2.05) is 6.92 Å². The molecule has 0 bridgehead atoms. The molecule has 0 N–H and O–H groups in total. The van der Waals surface area contributed by atoms with Gasteiger partial charge in [-0.25, -0.2) is 0 Å². The summed E-state index contributed by atoms with van der Waals surface area (Å²) in [6, 6.07) is 8.61. The number of non-ortho nitro benzene ring substituents is 1. The molecular formula is C13H16N2O2. The van der Waals surface area contributed by atoms with E-state index >= 15 is 0 Å². The molecule has 1 rings (SSSR count). The molecule has 17 heavy (non-hydrogen) atoms. The topological polar surface area (TPSA) is 66.9 Å². The highest BCUT2D eigenvalue weighted by Crippen LogP contribution is 2.29. The lowest BCUT2D eigenvalue weighted by molar-refractivity contribution is -0.384. The van der Waals surface area contributed by atoms with Gasteiger partial charge < -0.3 is 0 Å². The number of nitro benzene ring substituents is 1. The van der Waals surface area contributed by atoms with Gasteiger partial charge in [0, 0.05) is 12.1 Å². The number of hydrogen-bond acceptors (Lipinski definition) is 3. The van der Waals surface area contributed by atoms with Crippen LogP contribution in [-0.4, -0.2) is 4.92 Å². The van der Waals surface area contributed by atoms with Crippen LogP contribution in [0.1, 0.15) is 38.2 Å². The van der Waals surface area contributed by atoms with Crippen LogP contribution in [0.25, 0.3) is 0 Å². The Labute approximate surface area is 101 Å². The van der Waals surface area contributed by atoms with E-state index in [1.165, 1.54) is 12.1 Å². The van der Waals surface area contributed by atoms with Gasteiger partial charge in [-0.2, -0.15) is 5.26 Å². The van der Waals surface area contributed by atoms with Crippen LogP contribution in [0.5, 0.6) is 0 Å². The van der Waals surface area contributed by atoms with Crippen molar-refractivity contribution in [1.29, 1.82) is 5.26 Å². The molecule has 1 aromatic carbocycles. The summed E-state index contributed by atoms with van der Waals surface area (Å²) in [7, 11) is 0. The first-order valence-corrected chi connectivity index (χ1v) is 5.74. The maximum Gasteiger partial charge on any atom is 0.269 e. The molecule has 4 nitrogen and oxygen atoms in total.